The van der Waals surface area contributed by atoms with Crippen LogP contribution in [0.5, 0.6) is 0 Å². The molecule has 0 aromatic heterocycles. The van der Waals surface area contributed by atoms with Crippen molar-refractivity contribution in [1.82, 2.24) is 4.90 Å². The van der Waals surface area contributed by atoms with Crippen molar-refractivity contribution >= 4 is 11.9 Å². The Kier molecular flexibility index (Phi) is 34.0. The van der Waals surface area contributed by atoms with Gasteiger partial charge in [0.15, 0.2) is 0 Å². The molecule has 0 aromatic carbocycles. The standard InChI is InChI=1S/C45H81NO4/c1-8-11-22-29-41(6)38-44(47)49-36-27-20-16-14-18-25-30-42(34-35-46(7)40(4)5)31-26-19-15-17-21-28-37-50-45(48)39-43(32-23-12-9-2)33-24-13-10-3/h32,40-43H,2,8,10-11,13-22,24-31,33-39H2,1,3-7H3. The molecule has 0 aromatic rings. The van der Waals surface area contributed by atoms with Gasteiger partial charge in [0.05, 0.1) is 19.6 Å². The van der Waals surface area contributed by atoms with E-state index in [1.54, 1.807) is 0 Å². The molecule has 0 saturated heterocycles. The quantitative estimate of drug-likeness (QED) is 0.0374. The zero-order valence-electron chi connectivity index (χ0n) is 34.0. The summed E-state index contributed by atoms with van der Waals surface area (Å²) < 4.78 is 11.1. The molecule has 0 N–H and O–H groups in total. The number of hydrogen-bond donors (Lipinski definition) is 0. The second-order valence-electron chi connectivity index (χ2n) is 15.4. The van der Waals surface area contributed by atoms with Crippen molar-refractivity contribution in [2.24, 2.45) is 17.8 Å². The van der Waals surface area contributed by atoms with Crippen LogP contribution in [0.25, 0.3) is 0 Å². The fraction of sp³-hybridized carbons (Fsp3) is 0.844. The molecule has 5 nitrogen and oxygen atoms in total. The van der Waals surface area contributed by atoms with Crippen LogP contribution < -0.4 is 0 Å². The lowest BCUT2D eigenvalue weighted by Crippen LogP contribution is -2.28. The molecule has 0 amide bonds. The van der Waals surface area contributed by atoms with Gasteiger partial charge < -0.3 is 14.4 Å². The summed E-state index contributed by atoms with van der Waals surface area (Å²) in [6, 6.07) is 0.601. The molecule has 0 aliphatic heterocycles. The van der Waals surface area contributed by atoms with Crippen molar-refractivity contribution in [2.45, 2.75) is 201 Å². The first-order chi connectivity index (χ1) is 24.2. The summed E-state index contributed by atoms with van der Waals surface area (Å²) in [5.74, 6) is 1.30. The molecule has 290 valence electrons. The van der Waals surface area contributed by atoms with Crippen molar-refractivity contribution in [3.05, 3.63) is 29.8 Å². The topological polar surface area (TPSA) is 55.8 Å². The van der Waals surface area contributed by atoms with Gasteiger partial charge in [0.1, 0.15) is 0 Å². The first kappa shape index (κ1) is 48.0. The van der Waals surface area contributed by atoms with Gasteiger partial charge in [0.25, 0.3) is 0 Å². The molecule has 5 heteroatoms. The summed E-state index contributed by atoms with van der Waals surface area (Å²) in [5.41, 5.74) is 8.28. The molecule has 0 aliphatic carbocycles. The molecule has 0 bridgehead atoms. The van der Waals surface area contributed by atoms with Crippen LogP contribution in [0.1, 0.15) is 195 Å². The number of esters is 2. The molecular weight excluding hydrogens is 618 g/mol. The maximum absolute atomic E-state index is 12.4. The van der Waals surface area contributed by atoms with Gasteiger partial charge in [-0.15, -0.1) is 0 Å². The first-order valence-electron chi connectivity index (χ1n) is 21.1. The fourth-order valence-corrected chi connectivity index (χ4v) is 6.51. The minimum absolute atomic E-state index is 0.0107. The van der Waals surface area contributed by atoms with Crippen LogP contribution in [0.2, 0.25) is 0 Å². The third kappa shape index (κ3) is 31.9. The average molecular weight is 700 g/mol. The zero-order valence-corrected chi connectivity index (χ0v) is 34.0. The average Bonchev–Trinajstić information content (AvgIpc) is 3.08. The maximum atomic E-state index is 12.4. The van der Waals surface area contributed by atoms with Crippen molar-refractivity contribution in [3.8, 4) is 0 Å². The van der Waals surface area contributed by atoms with Crippen LogP contribution in [0.3, 0.4) is 0 Å². The summed E-state index contributed by atoms with van der Waals surface area (Å²) in [7, 11) is 2.26. The second kappa shape index (κ2) is 35.4. The molecule has 0 rings (SSSR count). The van der Waals surface area contributed by atoms with Crippen molar-refractivity contribution < 1.29 is 19.1 Å². The van der Waals surface area contributed by atoms with Gasteiger partial charge in [-0.05, 0) is 89.3 Å². The Labute approximate surface area is 310 Å². The predicted molar refractivity (Wildman–Crippen MR) is 213 cm³/mol. The SMILES string of the molecule is C=C=C=C=CC(CCCCC)CC(=O)OCCCCCCCCC(CCCCCCCCOC(=O)CC(C)CCCCC)CCN(C)C(C)C. The number of nitrogens with zero attached hydrogens (tertiary/aromatic N) is 1. The van der Waals surface area contributed by atoms with E-state index in [1.807, 2.05) is 6.08 Å². The Morgan fingerprint density at radius 3 is 1.64 bits per heavy atom. The number of carbonyl (C=O) groups is 2. The van der Waals surface area contributed by atoms with Crippen LogP contribution in [-0.4, -0.2) is 49.7 Å². The second-order valence-corrected chi connectivity index (χ2v) is 15.4. The lowest BCUT2D eigenvalue weighted by atomic mass is 9.91. The molecule has 0 heterocycles. The monoisotopic (exact) mass is 700 g/mol. The highest BCUT2D eigenvalue weighted by molar-refractivity contribution is 5.70. The molecule has 3 unspecified atom stereocenters. The van der Waals surface area contributed by atoms with E-state index in [4.69, 9.17) is 9.47 Å². The summed E-state index contributed by atoms with van der Waals surface area (Å²) >= 11 is 0. The van der Waals surface area contributed by atoms with Crippen molar-refractivity contribution in [1.29, 1.82) is 0 Å². The molecule has 0 saturated carbocycles. The number of hydrogen-bond acceptors (Lipinski definition) is 5. The van der Waals surface area contributed by atoms with Crippen LogP contribution in [0.15, 0.2) is 29.8 Å². The molecule has 0 spiro atoms. The minimum Gasteiger partial charge on any atom is -0.466 e. The number of unbranched alkanes of at least 4 members (excludes halogenated alkanes) is 14. The van der Waals surface area contributed by atoms with E-state index in [0.717, 1.165) is 50.9 Å². The lowest BCUT2D eigenvalue weighted by Gasteiger charge is -2.24. The number of rotatable bonds is 35. The Morgan fingerprint density at radius 1 is 0.640 bits per heavy atom. The molecule has 3 atom stereocenters. The Hall–Kier alpha value is -2.02. The molecule has 0 fully saturated rings. The number of carbonyl (C=O) groups excluding carboxylic acids is 2. The largest absolute Gasteiger partial charge is 0.466 e. The summed E-state index contributed by atoms with van der Waals surface area (Å²) in [6.07, 6.45) is 30.7. The normalized spacial score (nSPS) is 13.0. The summed E-state index contributed by atoms with van der Waals surface area (Å²) in [6.45, 7) is 17.0. The highest BCUT2D eigenvalue weighted by Gasteiger charge is 2.14. The molecule has 0 aliphatic rings. The van der Waals surface area contributed by atoms with E-state index in [2.05, 4.69) is 70.3 Å². The van der Waals surface area contributed by atoms with E-state index in [9.17, 15) is 9.59 Å². The first-order valence-corrected chi connectivity index (χ1v) is 21.1. The van der Waals surface area contributed by atoms with E-state index in [-0.39, 0.29) is 17.9 Å². The lowest BCUT2D eigenvalue weighted by molar-refractivity contribution is -0.145. The van der Waals surface area contributed by atoms with Gasteiger partial charge in [-0.25, -0.2) is 0 Å². The van der Waals surface area contributed by atoms with Gasteiger partial charge in [0, 0.05) is 12.5 Å². The van der Waals surface area contributed by atoms with Crippen LogP contribution in [0, 0.1) is 17.8 Å². The Balaban J connectivity index is 4.14. The minimum atomic E-state index is -0.0997. The predicted octanol–water partition coefficient (Wildman–Crippen LogP) is 12.7. The highest BCUT2D eigenvalue weighted by atomic mass is 16.5. The molecule has 0 radical (unpaired) electrons. The van der Waals surface area contributed by atoms with E-state index < -0.39 is 0 Å². The van der Waals surface area contributed by atoms with Crippen LogP contribution >= 0.6 is 0 Å². The van der Waals surface area contributed by atoms with Crippen LogP contribution in [-0.2, 0) is 19.1 Å². The highest BCUT2D eigenvalue weighted by Crippen LogP contribution is 2.23. The van der Waals surface area contributed by atoms with E-state index in [1.165, 1.54) is 109 Å². The van der Waals surface area contributed by atoms with Crippen molar-refractivity contribution in [2.75, 3.05) is 26.8 Å². The number of allylic oxidation sites excluding steroid dienone is 1. The molecular formula is C45H81NO4. The third-order valence-electron chi connectivity index (χ3n) is 10.2. The van der Waals surface area contributed by atoms with Crippen LogP contribution in [0.4, 0.5) is 0 Å². The summed E-state index contributed by atoms with van der Waals surface area (Å²) in [4.78, 5) is 27.0. The van der Waals surface area contributed by atoms with Gasteiger partial charge in [-0.1, -0.05) is 154 Å². The summed E-state index contributed by atoms with van der Waals surface area (Å²) in [5, 5.41) is 0. The van der Waals surface area contributed by atoms with Gasteiger partial charge in [-0.2, -0.15) is 0 Å². The van der Waals surface area contributed by atoms with E-state index >= 15 is 0 Å². The van der Waals surface area contributed by atoms with Crippen molar-refractivity contribution in [3.63, 3.8) is 0 Å². The van der Waals surface area contributed by atoms with Gasteiger partial charge in [-0.3, -0.25) is 9.59 Å². The van der Waals surface area contributed by atoms with Gasteiger partial charge in [0.2, 0.25) is 0 Å². The third-order valence-corrected chi connectivity index (χ3v) is 10.2. The van der Waals surface area contributed by atoms with E-state index in [0.29, 0.717) is 38.0 Å². The fourth-order valence-electron chi connectivity index (χ4n) is 6.51. The Morgan fingerprint density at radius 2 is 1.12 bits per heavy atom. The number of ether oxygens (including phenoxy) is 2. The molecule has 50 heavy (non-hydrogen) atoms. The maximum Gasteiger partial charge on any atom is 0.306 e. The smallest absolute Gasteiger partial charge is 0.306 e. The van der Waals surface area contributed by atoms with Gasteiger partial charge >= 0.3 is 11.9 Å². The Bertz CT molecular complexity index is 925. The zero-order chi connectivity index (χ0) is 37.1.